The molecule has 0 amide bonds. The molecule has 0 unspecified atom stereocenters. The van der Waals surface area contributed by atoms with E-state index in [4.69, 9.17) is 33.4 Å². The molecular weight excluding hydrogens is 295 g/mol. The van der Waals surface area contributed by atoms with Crippen molar-refractivity contribution in [1.82, 2.24) is 4.98 Å². The third-order valence-electron chi connectivity index (χ3n) is 3.13. The number of nitrogen functional groups attached to an aromatic ring is 1. The molecule has 0 aliphatic rings. The molecule has 3 nitrogen and oxygen atoms in total. The molecule has 0 radical (unpaired) electrons. The van der Waals surface area contributed by atoms with E-state index in [-0.39, 0.29) is 0 Å². The zero-order chi connectivity index (χ0) is 14.3. The summed E-state index contributed by atoms with van der Waals surface area (Å²) in [5, 5.41) is 1.09. The maximum atomic E-state index is 6.19. The predicted octanol–water partition coefficient (Wildman–Crippen LogP) is 4.95. The van der Waals surface area contributed by atoms with Gasteiger partial charge in [0.15, 0.2) is 5.58 Å². The Labute approximate surface area is 126 Å². The van der Waals surface area contributed by atoms with E-state index < -0.39 is 0 Å². The van der Waals surface area contributed by atoms with Crippen LogP contribution in [0.5, 0.6) is 0 Å². The summed E-state index contributed by atoms with van der Waals surface area (Å²) in [6.07, 6.45) is 0.824. The van der Waals surface area contributed by atoms with Gasteiger partial charge in [-0.3, -0.25) is 0 Å². The van der Waals surface area contributed by atoms with E-state index in [0.717, 1.165) is 23.1 Å². The first-order valence-corrected chi connectivity index (χ1v) is 6.98. The third-order valence-corrected chi connectivity index (χ3v) is 3.68. The van der Waals surface area contributed by atoms with E-state index in [0.29, 0.717) is 27.2 Å². The molecule has 0 fully saturated rings. The highest BCUT2D eigenvalue weighted by molar-refractivity contribution is 6.36. The lowest BCUT2D eigenvalue weighted by atomic mass is 10.1. The molecule has 20 heavy (non-hydrogen) atoms. The monoisotopic (exact) mass is 306 g/mol. The van der Waals surface area contributed by atoms with Gasteiger partial charge >= 0.3 is 0 Å². The smallest absolute Gasteiger partial charge is 0.228 e. The summed E-state index contributed by atoms with van der Waals surface area (Å²) < 4.78 is 5.86. The number of halogens is 2. The van der Waals surface area contributed by atoms with Gasteiger partial charge < -0.3 is 10.2 Å². The minimum atomic E-state index is 0.474. The maximum absolute atomic E-state index is 6.19. The molecule has 0 spiro atoms. The number of fused-ring (bicyclic) bond motifs is 1. The number of oxazole rings is 1. The lowest BCUT2D eigenvalue weighted by Gasteiger charge is -2.00. The number of hydrogen-bond donors (Lipinski definition) is 1. The molecule has 0 bridgehead atoms. The first-order chi connectivity index (χ1) is 9.58. The molecule has 0 saturated carbocycles. The van der Waals surface area contributed by atoms with Crippen molar-refractivity contribution in [2.45, 2.75) is 13.3 Å². The second kappa shape index (κ2) is 5.00. The van der Waals surface area contributed by atoms with E-state index in [1.807, 2.05) is 13.0 Å². The Morgan fingerprint density at radius 1 is 1.20 bits per heavy atom. The highest BCUT2D eigenvalue weighted by atomic mass is 35.5. The highest BCUT2D eigenvalue weighted by Crippen LogP contribution is 2.33. The van der Waals surface area contributed by atoms with Crippen molar-refractivity contribution in [3.8, 4) is 11.5 Å². The van der Waals surface area contributed by atoms with Crippen molar-refractivity contribution in [3.05, 3.63) is 45.9 Å². The number of anilines is 1. The number of aryl methyl sites for hydroxylation is 1. The zero-order valence-corrected chi connectivity index (χ0v) is 12.3. The predicted molar refractivity (Wildman–Crippen MR) is 83.3 cm³/mol. The number of aromatic nitrogens is 1. The van der Waals surface area contributed by atoms with Gasteiger partial charge in [-0.2, -0.15) is 0 Å². The van der Waals surface area contributed by atoms with Crippen LogP contribution >= 0.6 is 23.2 Å². The SMILES string of the molecule is CCc1cc(N)cc2nc(-c3ccc(Cl)cc3Cl)oc12. The first kappa shape index (κ1) is 13.3. The lowest BCUT2D eigenvalue weighted by Crippen LogP contribution is -1.88. The van der Waals surface area contributed by atoms with Crippen LogP contribution in [0.3, 0.4) is 0 Å². The topological polar surface area (TPSA) is 52.0 Å². The second-order valence-corrected chi connectivity index (χ2v) is 5.37. The van der Waals surface area contributed by atoms with Crippen LogP contribution in [0, 0.1) is 0 Å². The summed E-state index contributed by atoms with van der Waals surface area (Å²) in [7, 11) is 0. The standard InChI is InChI=1S/C15H12Cl2N2O/c1-2-8-5-10(18)7-13-14(8)20-15(19-13)11-4-3-9(16)6-12(11)17/h3-7H,2,18H2,1H3. The molecule has 0 aliphatic carbocycles. The fourth-order valence-corrected chi connectivity index (χ4v) is 2.66. The van der Waals surface area contributed by atoms with Gasteiger partial charge in [0.2, 0.25) is 5.89 Å². The van der Waals surface area contributed by atoms with Gasteiger partial charge in [-0.05, 0) is 42.3 Å². The molecule has 2 aromatic carbocycles. The van der Waals surface area contributed by atoms with Crippen molar-refractivity contribution in [2.75, 3.05) is 5.73 Å². The molecule has 1 aromatic heterocycles. The van der Waals surface area contributed by atoms with Gasteiger partial charge in [0.1, 0.15) is 5.52 Å². The van der Waals surface area contributed by atoms with Gasteiger partial charge in [0.05, 0.1) is 10.6 Å². The van der Waals surface area contributed by atoms with Crippen LogP contribution < -0.4 is 5.73 Å². The van der Waals surface area contributed by atoms with Gasteiger partial charge in [-0.25, -0.2) is 4.98 Å². The Morgan fingerprint density at radius 3 is 2.70 bits per heavy atom. The summed E-state index contributed by atoms with van der Waals surface area (Å²) in [6.45, 7) is 2.05. The lowest BCUT2D eigenvalue weighted by molar-refractivity contribution is 0.616. The maximum Gasteiger partial charge on any atom is 0.228 e. The van der Waals surface area contributed by atoms with Crippen LogP contribution in [0.4, 0.5) is 5.69 Å². The Hall–Kier alpha value is -1.71. The van der Waals surface area contributed by atoms with Crippen LogP contribution in [0.15, 0.2) is 34.7 Å². The molecule has 2 N–H and O–H groups in total. The van der Waals surface area contributed by atoms with Gasteiger partial charge in [-0.15, -0.1) is 0 Å². The van der Waals surface area contributed by atoms with Crippen LogP contribution in [-0.4, -0.2) is 4.98 Å². The van der Waals surface area contributed by atoms with Crippen molar-refractivity contribution in [3.63, 3.8) is 0 Å². The molecule has 0 aliphatic heterocycles. The van der Waals surface area contributed by atoms with E-state index in [2.05, 4.69) is 4.98 Å². The Balaban J connectivity index is 2.22. The van der Waals surface area contributed by atoms with Gasteiger partial charge in [-0.1, -0.05) is 30.1 Å². The van der Waals surface area contributed by atoms with Crippen molar-refractivity contribution in [2.24, 2.45) is 0 Å². The van der Waals surface area contributed by atoms with Gasteiger partial charge in [0.25, 0.3) is 0 Å². The molecular formula is C15H12Cl2N2O. The number of nitrogens with zero attached hydrogens (tertiary/aromatic N) is 1. The van der Waals surface area contributed by atoms with Crippen LogP contribution in [0.2, 0.25) is 10.0 Å². The molecule has 3 aromatic rings. The number of benzene rings is 2. The molecule has 1 heterocycles. The minimum absolute atomic E-state index is 0.474. The fraction of sp³-hybridized carbons (Fsp3) is 0.133. The second-order valence-electron chi connectivity index (χ2n) is 4.53. The summed E-state index contributed by atoms with van der Waals surface area (Å²) >= 11 is 12.1. The van der Waals surface area contributed by atoms with E-state index >= 15 is 0 Å². The quantitative estimate of drug-likeness (QED) is 0.682. The number of rotatable bonds is 2. The molecule has 0 saturated heterocycles. The van der Waals surface area contributed by atoms with Crippen LogP contribution in [-0.2, 0) is 6.42 Å². The van der Waals surface area contributed by atoms with Crippen molar-refractivity contribution >= 4 is 40.0 Å². The van der Waals surface area contributed by atoms with Crippen LogP contribution in [0.1, 0.15) is 12.5 Å². The Bertz CT molecular complexity index is 796. The molecule has 0 atom stereocenters. The summed E-state index contributed by atoms with van der Waals surface area (Å²) in [5.74, 6) is 0.474. The Kier molecular flexibility index (Phi) is 3.32. The number of nitrogens with two attached hydrogens (primary N) is 1. The molecule has 102 valence electrons. The minimum Gasteiger partial charge on any atom is -0.436 e. The summed E-state index contributed by atoms with van der Waals surface area (Å²) in [4.78, 5) is 4.47. The third kappa shape index (κ3) is 2.23. The van der Waals surface area contributed by atoms with E-state index in [1.54, 1.807) is 24.3 Å². The Morgan fingerprint density at radius 2 is 2.00 bits per heavy atom. The van der Waals surface area contributed by atoms with Gasteiger partial charge in [0, 0.05) is 10.7 Å². The van der Waals surface area contributed by atoms with Crippen molar-refractivity contribution < 1.29 is 4.42 Å². The average Bonchev–Trinajstić information content (AvgIpc) is 2.80. The molecule has 5 heteroatoms. The van der Waals surface area contributed by atoms with E-state index in [9.17, 15) is 0 Å². The fourth-order valence-electron chi connectivity index (χ4n) is 2.17. The largest absolute Gasteiger partial charge is 0.436 e. The van der Waals surface area contributed by atoms with Crippen molar-refractivity contribution in [1.29, 1.82) is 0 Å². The summed E-state index contributed by atoms with van der Waals surface area (Å²) in [5.41, 5.74) is 9.79. The first-order valence-electron chi connectivity index (χ1n) is 6.23. The number of hydrogen-bond acceptors (Lipinski definition) is 3. The highest BCUT2D eigenvalue weighted by Gasteiger charge is 2.14. The average molecular weight is 307 g/mol. The zero-order valence-electron chi connectivity index (χ0n) is 10.8. The van der Waals surface area contributed by atoms with Crippen LogP contribution in [0.25, 0.3) is 22.6 Å². The normalized spacial score (nSPS) is 11.2. The molecule has 3 rings (SSSR count). The van der Waals surface area contributed by atoms with E-state index in [1.165, 1.54) is 0 Å². The summed E-state index contributed by atoms with van der Waals surface area (Å²) in [6, 6.07) is 8.92.